The number of benzene rings is 2. The molecule has 0 aliphatic rings. The second-order valence-electron chi connectivity index (χ2n) is 6.05. The van der Waals surface area contributed by atoms with Gasteiger partial charge in [-0.05, 0) is 36.2 Å². The number of hydrogen-bond acceptors (Lipinski definition) is 4. The van der Waals surface area contributed by atoms with E-state index in [0.29, 0.717) is 22.4 Å². The molecule has 0 aliphatic heterocycles. The highest BCUT2D eigenvalue weighted by molar-refractivity contribution is 7.99. The monoisotopic (exact) mass is 401 g/mol. The minimum absolute atomic E-state index is 0.0964. The van der Waals surface area contributed by atoms with Gasteiger partial charge in [0.05, 0.1) is 24.3 Å². The summed E-state index contributed by atoms with van der Waals surface area (Å²) in [6.07, 6.45) is 1.64. The number of aliphatic hydroxyl groups is 1. The van der Waals surface area contributed by atoms with E-state index in [1.807, 2.05) is 60.0 Å². The fraction of sp³-hybridized carbons (Fsp3) is 0.200. The van der Waals surface area contributed by atoms with E-state index >= 15 is 0 Å². The first kappa shape index (κ1) is 19.5. The smallest absolute Gasteiger partial charge is 0.234 e. The highest BCUT2D eigenvalue weighted by Gasteiger charge is 2.13. The molecule has 5 nitrogen and oxygen atoms in total. The summed E-state index contributed by atoms with van der Waals surface area (Å²) in [4.78, 5) is 16.6. The van der Waals surface area contributed by atoms with Crippen LogP contribution in [0.4, 0.5) is 5.69 Å². The van der Waals surface area contributed by atoms with Crippen molar-refractivity contribution in [1.82, 2.24) is 9.55 Å². The molecule has 3 rings (SSSR count). The molecule has 0 radical (unpaired) electrons. The average Bonchev–Trinajstić information content (AvgIpc) is 3.05. The van der Waals surface area contributed by atoms with Gasteiger partial charge in [0.1, 0.15) is 0 Å². The Bertz CT molecular complexity index is 925. The zero-order valence-electron chi connectivity index (χ0n) is 14.9. The average molecular weight is 402 g/mol. The topological polar surface area (TPSA) is 67.2 Å². The maximum absolute atomic E-state index is 12.3. The van der Waals surface area contributed by atoms with Gasteiger partial charge in [0.25, 0.3) is 0 Å². The van der Waals surface area contributed by atoms with E-state index in [0.717, 1.165) is 16.8 Å². The normalized spacial score (nSPS) is 10.8. The first-order valence-electron chi connectivity index (χ1n) is 8.45. The van der Waals surface area contributed by atoms with Crippen molar-refractivity contribution in [3.63, 3.8) is 0 Å². The minimum atomic E-state index is -0.115. The van der Waals surface area contributed by atoms with Crippen LogP contribution in [0.25, 0.3) is 0 Å². The van der Waals surface area contributed by atoms with Crippen molar-refractivity contribution >= 4 is 35.0 Å². The number of aryl methyl sites for hydroxylation is 1. The van der Waals surface area contributed by atoms with Crippen LogP contribution in [0.5, 0.6) is 0 Å². The molecule has 2 aromatic carbocycles. The molecule has 0 saturated heterocycles. The number of anilines is 1. The Balaban J connectivity index is 1.68. The zero-order valence-corrected chi connectivity index (χ0v) is 16.4. The molecule has 140 valence electrons. The van der Waals surface area contributed by atoms with E-state index in [9.17, 15) is 9.90 Å². The van der Waals surface area contributed by atoms with Crippen LogP contribution in [0.3, 0.4) is 0 Å². The van der Waals surface area contributed by atoms with Crippen molar-refractivity contribution in [2.24, 2.45) is 0 Å². The summed E-state index contributed by atoms with van der Waals surface area (Å²) in [6, 6.07) is 15.2. The van der Waals surface area contributed by atoms with Crippen molar-refractivity contribution < 1.29 is 9.90 Å². The number of aliphatic hydroxyl groups excluding tert-OH is 1. The Morgan fingerprint density at radius 3 is 2.67 bits per heavy atom. The lowest BCUT2D eigenvalue weighted by atomic mass is 10.2. The number of amides is 1. The summed E-state index contributed by atoms with van der Waals surface area (Å²) in [5, 5.41) is 13.9. The Kier molecular flexibility index (Phi) is 6.55. The SMILES string of the molecule is Cc1ccccc1NC(=O)CSc1ncc(CO)n1Cc1ccc(Cl)cc1. The quantitative estimate of drug-likeness (QED) is 0.584. The number of imidazole rings is 1. The molecule has 0 bridgehead atoms. The summed E-state index contributed by atoms with van der Waals surface area (Å²) in [5.74, 6) is 0.137. The van der Waals surface area contributed by atoms with Gasteiger partial charge in [-0.2, -0.15) is 0 Å². The molecule has 1 aromatic heterocycles. The van der Waals surface area contributed by atoms with Crippen molar-refractivity contribution in [1.29, 1.82) is 0 Å². The third-order valence-electron chi connectivity index (χ3n) is 4.07. The van der Waals surface area contributed by atoms with E-state index in [4.69, 9.17) is 11.6 Å². The summed E-state index contributed by atoms with van der Waals surface area (Å²) in [5.41, 5.74) is 3.57. The third kappa shape index (κ3) is 5.13. The van der Waals surface area contributed by atoms with Crippen LogP contribution in [0, 0.1) is 6.92 Å². The number of thioether (sulfide) groups is 1. The standard InChI is InChI=1S/C20H20ClN3O2S/c1-14-4-2-3-5-18(14)23-19(26)13-27-20-22-10-17(12-25)24(20)11-15-6-8-16(21)9-7-15/h2-10,25H,11-13H2,1H3,(H,23,26). The number of hydrogen-bond donors (Lipinski definition) is 2. The van der Waals surface area contributed by atoms with Crippen LogP contribution < -0.4 is 5.32 Å². The maximum atomic E-state index is 12.3. The Hall–Kier alpha value is -2.28. The minimum Gasteiger partial charge on any atom is -0.390 e. The Morgan fingerprint density at radius 1 is 1.22 bits per heavy atom. The van der Waals surface area contributed by atoms with Crippen LogP contribution >= 0.6 is 23.4 Å². The predicted molar refractivity (Wildman–Crippen MR) is 109 cm³/mol. The fourth-order valence-electron chi connectivity index (χ4n) is 2.60. The molecule has 2 N–H and O–H groups in total. The van der Waals surface area contributed by atoms with Crippen molar-refractivity contribution in [2.45, 2.75) is 25.2 Å². The first-order valence-corrected chi connectivity index (χ1v) is 9.81. The van der Waals surface area contributed by atoms with Gasteiger partial charge in [0, 0.05) is 17.3 Å². The van der Waals surface area contributed by atoms with E-state index < -0.39 is 0 Å². The van der Waals surface area contributed by atoms with E-state index in [1.54, 1.807) is 6.20 Å². The number of rotatable bonds is 7. The van der Waals surface area contributed by atoms with Gasteiger partial charge < -0.3 is 15.0 Å². The second-order valence-corrected chi connectivity index (χ2v) is 7.43. The van der Waals surface area contributed by atoms with Gasteiger partial charge >= 0.3 is 0 Å². The lowest BCUT2D eigenvalue weighted by Crippen LogP contribution is -2.15. The molecule has 1 amide bonds. The molecule has 0 aliphatic carbocycles. The molecular weight excluding hydrogens is 382 g/mol. The molecule has 27 heavy (non-hydrogen) atoms. The van der Waals surface area contributed by atoms with Crippen LogP contribution in [-0.4, -0.2) is 26.3 Å². The van der Waals surface area contributed by atoms with Crippen molar-refractivity contribution in [3.8, 4) is 0 Å². The van der Waals surface area contributed by atoms with Gasteiger partial charge in [0.15, 0.2) is 5.16 Å². The Labute approximate surface area is 167 Å². The predicted octanol–water partition coefficient (Wildman–Crippen LogP) is 4.12. The van der Waals surface area contributed by atoms with Gasteiger partial charge in [-0.1, -0.05) is 53.7 Å². The lowest BCUT2D eigenvalue weighted by molar-refractivity contribution is -0.113. The third-order valence-corrected chi connectivity index (χ3v) is 5.31. The van der Waals surface area contributed by atoms with Crippen LogP contribution in [0.2, 0.25) is 5.02 Å². The summed E-state index contributed by atoms with van der Waals surface area (Å²) in [7, 11) is 0. The number of nitrogens with zero attached hydrogens (tertiary/aromatic N) is 2. The highest BCUT2D eigenvalue weighted by Crippen LogP contribution is 2.22. The van der Waals surface area contributed by atoms with Crippen LogP contribution in [-0.2, 0) is 17.9 Å². The van der Waals surface area contributed by atoms with Gasteiger partial charge in [-0.25, -0.2) is 4.98 Å². The highest BCUT2D eigenvalue weighted by atomic mass is 35.5. The summed E-state index contributed by atoms with van der Waals surface area (Å²) >= 11 is 7.28. The number of nitrogens with one attached hydrogen (secondary N) is 1. The number of aromatic nitrogens is 2. The fourth-order valence-corrected chi connectivity index (χ4v) is 3.53. The zero-order chi connectivity index (χ0) is 19.2. The molecule has 0 saturated carbocycles. The van der Waals surface area contributed by atoms with Crippen LogP contribution in [0.15, 0.2) is 59.9 Å². The summed E-state index contributed by atoms with van der Waals surface area (Å²) < 4.78 is 1.91. The van der Waals surface area contributed by atoms with Crippen molar-refractivity contribution in [3.05, 3.63) is 76.6 Å². The number of halogens is 1. The summed E-state index contributed by atoms with van der Waals surface area (Å²) in [6.45, 7) is 2.39. The number of para-hydroxylation sites is 1. The molecule has 0 unspecified atom stereocenters. The maximum Gasteiger partial charge on any atom is 0.234 e. The number of carbonyl (C=O) groups is 1. The second kappa shape index (κ2) is 9.08. The van der Waals surface area contributed by atoms with E-state index in [1.165, 1.54) is 11.8 Å². The molecule has 0 spiro atoms. The molecule has 3 aromatic rings. The number of carbonyl (C=O) groups excluding carboxylic acids is 1. The van der Waals surface area contributed by atoms with Crippen molar-refractivity contribution in [2.75, 3.05) is 11.1 Å². The van der Waals surface area contributed by atoms with E-state index in [-0.39, 0.29) is 18.3 Å². The first-order chi connectivity index (χ1) is 13.1. The Morgan fingerprint density at radius 2 is 1.96 bits per heavy atom. The lowest BCUT2D eigenvalue weighted by Gasteiger charge is -2.11. The molecule has 0 fully saturated rings. The van der Waals surface area contributed by atoms with Gasteiger partial charge in [-0.15, -0.1) is 0 Å². The van der Waals surface area contributed by atoms with Gasteiger partial charge in [0.2, 0.25) is 5.91 Å². The molecule has 1 heterocycles. The molecule has 7 heteroatoms. The van der Waals surface area contributed by atoms with Gasteiger partial charge in [-0.3, -0.25) is 4.79 Å². The molecular formula is C20H20ClN3O2S. The molecule has 0 atom stereocenters. The van der Waals surface area contributed by atoms with E-state index in [2.05, 4.69) is 10.3 Å². The largest absolute Gasteiger partial charge is 0.390 e. The van der Waals surface area contributed by atoms with Crippen LogP contribution in [0.1, 0.15) is 16.8 Å².